The molecule has 2 aromatic rings. The van der Waals surface area contributed by atoms with Crippen molar-refractivity contribution >= 4 is 34.7 Å². The first kappa shape index (κ1) is 23.2. The van der Waals surface area contributed by atoms with Gasteiger partial charge in [-0.1, -0.05) is 30.8 Å². The van der Waals surface area contributed by atoms with Crippen LogP contribution in [0.5, 0.6) is 0 Å². The Kier molecular flexibility index (Phi) is 5.43. The van der Waals surface area contributed by atoms with Crippen molar-refractivity contribution < 1.29 is 13.9 Å². The molecule has 7 nitrogen and oxygen atoms in total. The first-order valence-corrected chi connectivity index (χ1v) is 13.0. The van der Waals surface area contributed by atoms with E-state index in [1.165, 1.54) is 30.1 Å². The van der Waals surface area contributed by atoms with Crippen molar-refractivity contribution in [3.05, 3.63) is 64.5 Å². The van der Waals surface area contributed by atoms with Crippen molar-refractivity contribution in [2.45, 2.75) is 42.5 Å². The predicted molar refractivity (Wildman–Crippen MR) is 136 cm³/mol. The Labute approximate surface area is 213 Å². The third-order valence-electron chi connectivity index (χ3n) is 7.90. The second-order valence-corrected chi connectivity index (χ2v) is 11.2. The van der Waals surface area contributed by atoms with Crippen molar-refractivity contribution in [1.29, 1.82) is 5.26 Å². The van der Waals surface area contributed by atoms with Gasteiger partial charge in [-0.15, -0.1) is 0 Å². The van der Waals surface area contributed by atoms with E-state index in [0.29, 0.717) is 36.1 Å². The highest BCUT2D eigenvalue weighted by Gasteiger charge is 2.74. The lowest BCUT2D eigenvalue weighted by atomic mass is 9.66. The summed E-state index contributed by atoms with van der Waals surface area (Å²) < 4.78 is 20.0. The summed E-state index contributed by atoms with van der Waals surface area (Å²) in [5.74, 6) is -0.275. The normalized spacial score (nSPS) is 30.5. The Morgan fingerprint density at radius 2 is 2.28 bits per heavy atom. The number of nitriles is 1. The molecule has 0 unspecified atom stereocenters. The van der Waals surface area contributed by atoms with Crippen molar-refractivity contribution in [2.75, 3.05) is 19.8 Å². The van der Waals surface area contributed by atoms with E-state index in [0.717, 1.165) is 30.4 Å². The fourth-order valence-corrected chi connectivity index (χ4v) is 7.30. The number of thioether (sulfide) groups is 1. The zero-order chi connectivity index (χ0) is 25.1. The molecule has 0 bridgehead atoms. The highest BCUT2D eigenvalue weighted by Crippen LogP contribution is 2.70. The molecule has 2 fully saturated rings. The Morgan fingerprint density at radius 1 is 1.42 bits per heavy atom. The maximum Gasteiger partial charge on any atom is 0.240 e. The number of nitrogens with two attached hydrogens (primary N) is 1. The number of amidine groups is 1. The number of carbonyl (C=O) groups is 1. The molecule has 1 saturated carbocycles. The average Bonchev–Trinajstić information content (AvgIpc) is 3.64. The van der Waals surface area contributed by atoms with Crippen molar-refractivity contribution in [3.8, 4) is 6.07 Å². The molecule has 1 saturated heterocycles. The standard InChI is InChI=1S/C27H26FN5O2S/c1-2-19-15-35-8-7-33(19)24(34)27-12-23(27)26(32-25(30)36-27)11-18-5-3-16(9-20(18)26)10-21(28)22-6-4-17(13-29)14-31-22/h3-6,9-10,14,19,23H,2,7-8,11-12,15H2,1H3,(H2,30,32)/b21-10-/t19-,23-,26+,27-/m0/s1. The van der Waals surface area contributed by atoms with Crippen LogP contribution in [0.1, 0.15) is 47.7 Å². The molecule has 1 spiro atoms. The van der Waals surface area contributed by atoms with Gasteiger partial charge in [-0.05, 0) is 53.8 Å². The van der Waals surface area contributed by atoms with Crippen molar-refractivity contribution in [1.82, 2.24) is 9.88 Å². The van der Waals surface area contributed by atoms with Crippen LogP contribution in [0, 0.1) is 17.2 Å². The van der Waals surface area contributed by atoms with Crippen LogP contribution in [0.2, 0.25) is 0 Å². The highest BCUT2D eigenvalue weighted by atomic mass is 32.2. The minimum Gasteiger partial charge on any atom is -0.378 e. The third-order valence-corrected chi connectivity index (χ3v) is 9.19. The molecule has 1 amide bonds. The van der Waals surface area contributed by atoms with Gasteiger partial charge in [-0.2, -0.15) is 5.26 Å². The van der Waals surface area contributed by atoms with Crippen molar-refractivity contribution in [2.24, 2.45) is 16.6 Å². The lowest BCUT2D eigenvalue weighted by Crippen LogP contribution is -2.55. The number of carbonyl (C=O) groups excluding carboxylic acids is 1. The Hall–Kier alpha value is -3.22. The molecule has 2 aliphatic heterocycles. The van der Waals surface area contributed by atoms with Gasteiger partial charge in [-0.25, -0.2) is 4.39 Å². The highest BCUT2D eigenvalue weighted by molar-refractivity contribution is 8.15. The number of morpholine rings is 1. The summed E-state index contributed by atoms with van der Waals surface area (Å²) in [6.45, 7) is 3.81. The van der Waals surface area contributed by atoms with E-state index < -0.39 is 16.1 Å². The number of benzene rings is 1. The van der Waals surface area contributed by atoms with Gasteiger partial charge in [0, 0.05) is 25.1 Å². The summed E-state index contributed by atoms with van der Waals surface area (Å²) in [5.41, 5.74) is 9.23. The molecule has 1 aromatic heterocycles. The van der Waals surface area contributed by atoms with Gasteiger partial charge < -0.3 is 15.4 Å². The quantitative estimate of drug-likeness (QED) is 0.683. The molecule has 2 aliphatic carbocycles. The molecule has 9 heteroatoms. The molecular weight excluding hydrogens is 477 g/mol. The Balaban J connectivity index is 1.30. The monoisotopic (exact) mass is 503 g/mol. The van der Waals surface area contributed by atoms with Gasteiger partial charge in [0.15, 0.2) is 5.17 Å². The molecule has 6 rings (SSSR count). The lowest BCUT2D eigenvalue weighted by Gasteiger charge is -2.46. The number of rotatable bonds is 4. The van der Waals surface area contributed by atoms with E-state index >= 15 is 0 Å². The fourth-order valence-electron chi connectivity index (χ4n) is 5.93. The van der Waals surface area contributed by atoms with Crippen LogP contribution < -0.4 is 5.73 Å². The van der Waals surface area contributed by atoms with E-state index in [1.807, 2.05) is 29.2 Å². The molecular formula is C27H26FN5O2S. The van der Waals surface area contributed by atoms with Crippen LogP contribution >= 0.6 is 11.8 Å². The van der Waals surface area contributed by atoms with Gasteiger partial charge >= 0.3 is 0 Å². The molecule has 1 aromatic carbocycles. The summed E-state index contributed by atoms with van der Waals surface area (Å²) >= 11 is 1.41. The molecule has 0 radical (unpaired) electrons. The number of pyridine rings is 1. The lowest BCUT2D eigenvalue weighted by molar-refractivity contribution is -0.140. The molecule has 2 N–H and O–H groups in total. The van der Waals surface area contributed by atoms with E-state index in [4.69, 9.17) is 20.7 Å². The predicted octanol–water partition coefficient (Wildman–Crippen LogP) is 3.63. The minimum atomic E-state index is -0.586. The zero-order valence-corrected chi connectivity index (χ0v) is 20.7. The first-order chi connectivity index (χ1) is 17.4. The molecule has 4 atom stereocenters. The van der Waals surface area contributed by atoms with Crippen LogP contribution in [0.25, 0.3) is 11.9 Å². The van der Waals surface area contributed by atoms with Gasteiger partial charge in [0.05, 0.1) is 36.1 Å². The molecule has 184 valence electrons. The van der Waals surface area contributed by atoms with E-state index in [1.54, 1.807) is 6.07 Å². The Bertz CT molecular complexity index is 1350. The summed E-state index contributed by atoms with van der Waals surface area (Å²) in [7, 11) is 0. The zero-order valence-electron chi connectivity index (χ0n) is 19.9. The van der Waals surface area contributed by atoms with Crippen LogP contribution in [0.4, 0.5) is 4.39 Å². The molecule has 36 heavy (non-hydrogen) atoms. The van der Waals surface area contributed by atoms with Crippen molar-refractivity contribution in [3.63, 3.8) is 0 Å². The number of fused-ring (bicyclic) bond motifs is 4. The smallest absolute Gasteiger partial charge is 0.240 e. The fraction of sp³-hybridized carbons (Fsp3) is 0.407. The topological polar surface area (TPSA) is 105 Å². The van der Waals surface area contributed by atoms with Gasteiger partial charge in [0.1, 0.15) is 16.6 Å². The van der Waals surface area contributed by atoms with E-state index in [9.17, 15) is 9.18 Å². The number of nitrogens with zero attached hydrogens (tertiary/aromatic N) is 4. The summed E-state index contributed by atoms with van der Waals surface area (Å²) in [5, 5.41) is 9.38. The SMILES string of the molecule is CC[C@H]1COCCN1C(=O)[C@]12C[C@H]1[C@]1(Cc3ccc(/C=C(\F)c4ccc(C#N)cn4)cc31)N=C(N)S2. The summed E-state index contributed by atoms with van der Waals surface area (Å²) in [6.07, 6.45) is 5.11. The van der Waals surface area contributed by atoms with E-state index in [2.05, 4.69) is 11.9 Å². The second-order valence-electron chi connectivity index (χ2n) is 9.89. The van der Waals surface area contributed by atoms with Crippen LogP contribution in [0.3, 0.4) is 0 Å². The third kappa shape index (κ3) is 3.46. The second kappa shape index (κ2) is 8.43. The number of halogens is 1. The van der Waals surface area contributed by atoms with Crippen LogP contribution in [-0.4, -0.2) is 51.5 Å². The molecule has 3 heterocycles. The largest absolute Gasteiger partial charge is 0.378 e. The Morgan fingerprint density at radius 3 is 3.03 bits per heavy atom. The number of aromatic nitrogens is 1. The maximum atomic E-state index is 14.9. The van der Waals surface area contributed by atoms with Gasteiger partial charge in [-0.3, -0.25) is 14.8 Å². The number of hydrogen-bond acceptors (Lipinski definition) is 7. The van der Waals surface area contributed by atoms with Crippen LogP contribution in [-0.2, 0) is 21.5 Å². The van der Waals surface area contributed by atoms with E-state index in [-0.39, 0.29) is 23.6 Å². The van der Waals surface area contributed by atoms with Crippen LogP contribution in [0.15, 0.2) is 41.5 Å². The first-order valence-electron chi connectivity index (χ1n) is 12.2. The van der Waals surface area contributed by atoms with Gasteiger partial charge in [0.2, 0.25) is 5.91 Å². The summed E-state index contributed by atoms with van der Waals surface area (Å²) in [4.78, 5) is 24.8. The minimum absolute atomic E-state index is 0.0620. The number of amides is 1. The molecule has 4 aliphatic rings. The number of ether oxygens (including phenoxy) is 1. The number of hydrogen-bond donors (Lipinski definition) is 1. The maximum absolute atomic E-state index is 14.9. The number of aliphatic imine (C=N–C) groups is 1. The summed E-state index contributed by atoms with van der Waals surface area (Å²) in [6, 6.07) is 11.0. The average molecular weight is 504 g/mol. The van der Waals surface area contributed by atoms with Gasteiger partial charge in [0.25, 0.3) is 0 Å².